The fourth-order valence-electron chi connectivity index (χ4n) is 2.36. The second-order valence-corrected chi connectivity index (χ2v) is 8.14. The average molecular weight is 407 g/mol. The number of sulfone groups is 1. The topological polar surface area (TPSA) is 163 Å². The number of nitrogens with two attached hydrogens (primary N) is 1. The summed E-state index contributed by atoms with van der Waals surface area (Å²) in [6.07, 6.45) is -1.03. The number of aliphatic hydroxyl groups is 2. The fourth-order valence-corrected chi connectivity index (χ4v) is 3.17. The second-order valence-electron chi connectivity index (χ2n) is 6.16. The zero-order valence-electron chi connectivity index (χ0n) is 15.2. The molecule has 0 aliphatic rings. The molecule has 28 heavy (non-hydrogen) atoms. The summed E-state index contributed by atoms with van der Waals surface area (Å²) in [5, 5.41) is 28.4. The van der Waals surface area contributed by atoms with E-state index in [2.05, 4.69) is 5.32 Å². The van der Waals surface area contributed by atoms with E-state index in [0.29, 0.717) is 11.3 Å². The van der Waals surface area contributed by atoms with Crippen molar-refractivity contribution in [2.45, 2.75) is 24.0 Å². The van der Waals surface area contributed by atoms with E-state index in [4.69, 9.17) is 15.9 Å². The Morgan fingerprint density at radius 1 is 1.18 bits per heavy atom. The Balaban J connectivity index is 2.35. The van der Waals surface area contributed by atoms with Crippen molar-refractivity contribution in [3.8, 4) is 11.5 Å². The van der Waals surface area contributed by atoms with Crippen LogP contribution in [0, 0.1) is 5.41 Å². The summed E-state index contributed by atoms with van der Waals surface area (Å²) in [6.45, 7) is 1.46. The number of aliphatic hydroxyl groups excluding tert-OH is 2. The van der Waals surface area contributed by atoms with Crippen molar-refractivity contribution in [1.29, 1.82) is 5.41 Å². The molecule has 2 atom stereocenters. The lowest BCUT2D eigenvalue weighted by Gasteiger charge is -2.15. The molecule has 1 amide bonds. The van der Waals surface area contributed by atoms with Gasteiger partial charge in [-0.1, -0.05) is 12.1 Å². The molecular weight excluding hydrogens is 386 g/mol. The number of carbonyl (C=O) groups is 1. The van der Waals surface area contributed by atoms with Crippen molar-refractivity contribution in [1.82, 2.24) is 5.32 Å². The minimum Gasteiger partial charge on any atom is -0.456 e. The summed E-state index contributed by atoms with van der Waals surface area (Å²) >= 11 is 0. The number of ether oxygens (including phenoxy) is 1. The number of hydrogen-bond donors (Lipinski definition) is 5. The van der Waals surface area contributed by atoms with Crippen molar-refractivity contribution in [3.63, 3.8) is 0 Å². The molecule has 0 radical (unpaired) electrons. The first kappa shape index (κ1) is 21.4. The minimum atomic E-state index is -3.73. The Bertz CT molecular complexity index is 987. The predicted octanol–water partition coefficient (Wildman–Crippen LogP) is 0.920. The highest BCUT2D eigenvalue weighted by atomic mass is 32.2. The van der Waals surface area contributed by atoms with E-state index in [1.54, 1.807) is 12.1 Å². The smallest absolute Gasteiger partial charge is 0.257 e. The number of hydrogen-bond acceptors (Lipinski definition) is 7. The molecule has 0 aromatic heterocycles. The zero-order chi connectivity index (χ0) is 21.1. The van der Waals surface area contributed by atoms with Gasteiger partial charge in [0.25, 0.3) is 5.91 Å². The molecule has 2 aromatic rings. The van der Waals surface area contributed by atoms with E-state index in [9.17, 15) is 23.4 Å². The lowest BCUT2D eigenvalue weighted by Crippen LogP contribution is -2.35. The van der Waals surface area contributed by atoms with E-state index in [0.717, 1.165) is 12.3 Å². The molecule has 0 unspecified atom stereocenters. The van der Waals surface area contributed by atoms with Gasteiger partial charge >= 0.3 is 0 Å². The zero-order valence-corrected chi connectivity index (χ0v) is 16.0. The number of nitrogens with one attached hydrogen (secondary N) is 2. The third-order valence-electron chi connectivity index (χ3n) is 3.76. The van der Waals surface area contributed by atoms with Crippen LogP contribution in [0.1, 0.15) is 28.9 Å². The van der Waals surface area contributed by atoms with Crippen molar-refractivity contribution in [2.75, 3.05) is 6.26 Å². The quantitative estimate of drug-likeness (QED) is 0.351. The van der Waals surface area contributed by atoms with Crippen LogP contribution in [0.4, 0.5) is 0 Å². The van der Waals surface area contributed by atoms with Gasteiger partial charge in [-0.15, -0.1) is 0 Å². The minimum absolute atomic E-state index is 0.00150. The molecule has 0 heterocycles. The molecule has 0 saturated heterocycles. The molecule has 150 valence electrons. The van der Waals surface area contributed by atoms with Gasteiger partial charge in [0, 0.05) is 11.8 Å². The molecule has 0 spiro atoms. The molecule has 0 saturated carbocycles. The number of carbonyl (C=O) groups excluding carboxylic acids is 1. The SMILES string of the molecule is C[C@H](O)[C@@H](O)c1ccc(Oc2ccc(C(=O)NC(=N)N)cc2S(C)(=O)=O)cc1. The molecule has 9 nitrogen and oxygen atoms in total. The highest BCUT2D eigenvalue weighted by Gasteiger charge is 2.19. The maximum Gasteiger partial charge on any atom is 0.257 e. The van der Waals surface area contributed by atoms with Gasteiger partial charge in [-0.3, -0.25) is 15.5 Å². The van der Waals surface area contributed by atoms with Gasteiger partial charge in [0.1, 0.15) is 22.5 Å². The van der Waals surface area contributed by atoms with Crippen LogP contribution in [0.5, 0.6) is 11.5 Å². The summed E-state index contributed by atoms with van der Waals surface area (Å²) in [5.74, 6) is -0.982. The summed E-state index contributed by atoms with van der Waals surface area (Å²) in [4.78, 5) is 11.7. The third kappa shape index (κ3) is 5.28. The standard InChI is InChI=1S/C18H21N3O6S/c1-10(22)16(23)11-3-6-13(7-4-11)27-14-8-5-12(17(24)21-18(19)20)9-15(14)28(2,25)26/h3-10,16,22-23H,1-2H3,(H4,19,20,21,24)/t10-,16+/m0/s1. The van der Waals surface area contributed by atoms with Gasteiger partial charge < -0.3 is 20.7 Å². The van der Waals surface area contributed by atoms with Gasteiger partial charge in [0.15, 0.2) is 15.8 Å². The van der Waals surface area contributed by atoms with E-state index >= 15 is 0 Å². The van der Waals surface area contributed by atoms with Crippen LogP contribution in [0.2, 0.25) is 0 Å². The van der Waals surface area contributed by atoms with Crippen LogP contribution in [-0.4, -0.2) is 42.9 Å². The summed E-state index contributed by atoms with van der Waals surface area (Å²) in [6, 6.07) is 9.92. The molecule has 2 rings (SSSR count). The first-order chi connectivity index (χ1) is 13.0. The van der Waals surface area contributed by atoms with Gasteiger partial charge in [-0.2, -0.15) is 0 Å². The molecule has 0 aliphatic heterocycles. The molecule has 6 N–H and O–H groups in total. The molecule has 0 bridgehead atoms. The number of rotatable bonds is 6. The summed E-state index contributed by atoms with van der Waals surface area (Å²) in [5.41, 5.74) is 5.59. The highest BCUT2D eigenvalue weighted by Crippen LogP contribution is 2.31. The Morgan fingerprint density at radius 2 is 1.79 bits per heavy atom. The highest BCUT2D eigenvalue weighted by molar-refractivity contribution is 7.90. The van der Waals surface area contributed by atoms with Crippen molar-refractivity contribution < 1.29 is 28.2 Å². The van der Waals surface area contributed by atoms with Crippen molar-refractivity contribution in [3.05, 3.63) is 53.6 Å². The van der Waals surface area contributed by atoms with Crippen molar-refractivity contribution in [2.24, 2.45) is 5.73 Å². The van der Waals surface area contributed by atoms with E-state index < -0.39 is 33.9 Å². The third-order valence-corrected chi connectivity index (χ3v) is 4.88. The van der Waals surface area contributed by atoms with E-state index in [1.807, 2.05) is 0 Å². The first-order valence-corrected chi connectivity index (χ1v) is 10.0. The van der Waals surface area contributed by atoms with Crippen LogP contribution in [0.3, 0.4) is 0 Å². The van der Waals surface area contributed by atoms with Gasteiger partial charge in [0.2, 0.25) is 0 Å². The fraction of sp³-hybridized carbons (Fsp3) is 0.222. The normalized spacial score (nSPS) is 13.4. The van der Waals surface area contributed by atoms with Gasteiger partial charge in [0.05, 0.1) is 6.10 Å². The van der Waals surface area contributed by atoms with Crippen LogP contribution >= 0.6 is 0 Å². The van der Waals surface area contributed by atoms with Crippen LogP contribution in [0.15, 0.2) is 47.4 Å². The first-order valence-electron chi connectivity index (χ1n) is 8.12. The second kappa shape index (κ2) is 8.38. The Labute approximate surface area is 162 Å². The number of benzene rings is 2. The predicted molar refractivity (Wildman–Crippen MR) is 102 cm³/mol. The van der Waals surface area contributed by atoms with Crippen LogP contribution < -0.4 is 15.8 Å². The lowest BCUT2D eigenvalue weighted by molar-refractivity contribution is 0.0305. The van der Waals surface area contributed by atoms with Crippen LogP contribution in [-0.2, 0) is 9.84 Å². The van der Waals surface area contributed by atoms with E-state index in [1.165, 1.54) is 31.2 Å². The lowest BCUT2D eigenvalue weighted by atomic mass is 10.1. The number of guanidine groups is 1. The monoisotopic (exact) mass is 407 g/mol. The maximum atomic E-state index is 12.1. The maximum absolute atomic E-state index is 12.1. The van der Waals surface area contributed by atoms with E-state index in [-0.39, 0.29) is 16.2 Å². The Hall–Kier alpha value is -2.95. The molecular formula is C18H21N3O6S. The largest absolute Gasteiger partial charge is 0.456 e. The Kier molecular flexibility index (Phi) is 6.39. The van der Waals surface area contributed by atoms with Crippen molar-refractivity contribution >= 4 is 21.7 Å². The molecule has 0 fully saturated rings. The number of amides is 1. The van der Waals surface area contributed by atoms with Gasteiger partial charge in [-0.25, -0.2) is 8.42 Å². The molecule has 2 aromatic carbocycles. The average Bonchev–Trinajstić information content (AvgIpc) is 2.60. The molecule has 0 aliphatic carbocycles. The van der Waals surface area contributed by atoms with Crippen LogP contribution in [0.25, 0.3) is 0 Å². The summed E-state index contributed by atoms with van der Waals surface area (Å²) in [7, 11) is -3.73. The van der Waals surface area contributed by atoms with Gasteiger partial charge in [-0.05, 0) is 42.8 Å². The summed E-state index contributed by atoms with van der Waals surface area (Å²) < 4.78 is 29.9. The Morgan fingerprint density at radius 3 is 2.29 bits per heavy atom. The molecule has 10 heteroatoms.